The molecule has 0 spiro atoms. The summed E-state index contributed by atoms with van der Waals surface area (Å²) >= 11 is 0. The van der Waals surface area contributed by atoms with E-state index < -0.39 is 10.0 Å². The van der Waals surface area contributed by atoms with Gasteiger partial charge in [0.15, 0.2) is 5.78 Å². The van der Waals surface area contributed by atoms with Crippen molar-refractivity contribution in [3.05, 3.63) is 41.0 Å². The van der Waals surface area contributed by atoms with Gasteiger partial charge in [-0.3, -0.25) is 4.79 Å². The molecule has 27 heavy (non-hydrogen) atoms. The van der Waals surface area contributed by atoms with Gasteiger partial charge in [0.05, 0.1) is 4.90 Å². The molecule has 1 aromatic rings. The summed E-state index contributed by atoms with van der Waals surface area (Å²) in [6.45, 7) is 9.01. The minimum absolute atomic E-state index is 0.0626. The smallest absolute Gasteiger partial charge is 0.243 e. The number of aryl methyl sites for hydroxylation is 1. The van der Waals surface area contributed by atoms with E-state index in [9.17, 15) is 13.2 Å². The summed E-state index contributed by atoms with van der Waals surface area (Å²) in [5.41, 5.74) is 2.94. The number of Topliss-reactive ketones (excluding diaryl/α,β-unsaturated/α-hetero) is 1. The van der Waals surface area contributed by atoms with Crippen LogP contribution in [-0.2, 0) is 14.8 Å². The van der Waals surface area contributed by atoms with Crippen molar-refractivity contribution in [1.29, 1.82) is 0 Å². The average Bonchev–Trinajstić information content (AvgIpc) is 3.08. The summed E-state index contributed by atoms with van der Waals surface area (Å²) in [5, 5.41) is 0. The van der Waals surface area contributed by atoms with Gasteiger partial charge in [0.1, 0.15) is 0 Å². The number of rotatable bonds is 4. The first-order valence-electron chi connectivity index (χ1n) is 10.0. The van der Waals surface area contributed by atoms with Gasteiger partial charge in [-0.15, -0.1) is 0 Å². The van der Waals surface area contributed by atoms with Crippen LogP contribution in [0.2, 0.25) is 0 Å². The Hall–Kier alpha value is -1.46. The molecule has 1 atom stereocenters. The molecule has 1 heterocycles. The molecule has 1 aliphatic heterocycles. The Bertz CT molecular complexity index is 848. The quantitative estimate of drug-likeness (QED) is 0.762. The summed E-state index contributed by atoms with van der Waals surface area (Å²) in [7, 11) is -3.53. The predicted octanol–water partition coefficient (Wildman–Crippen LogP) is 4.49. The second kappa shape index (κ2) is 7.51. The first-order valence-corrected chi connectivity index (χ1v) is 11.5. The van der Waals surface area contributed by atoms with E-state index in [1.807, 2.05) is 26.0 Å². The van der Waals surface area contributed by atoms with Crippen LogP contribution in [0, 0.1) is 18.3 Å². The third kappa shape index (κ3) is 3.77. The van der Waals surface area contributed by atoms with Crippen LogP contribution in [0.5, 0.6) is 0 Å². The molecule has 148 valence electrons. The zero-order valence-corrected chi connectivity index (χ0v) is 17.7. The van der Waals surface area contributed by atoms with E-state index in [1.54, 1.807) is 16.4 Å². The topological polar surface area (TPSA) is 54.5 Å². The van der Waals surface area contributed by atoms with Crippen molar-refractivity contribution in [1.82, 2.24) is 4.31 Å². The number of fused-ring (bicyclic) bond motifs is 1. The molecule has 0 bridgehead atoms. The molecule has 0 radical (unpaired) electrons. The number of ketones is 1. The van der Waals surface area contributed by atoms with Crippen molar-refractivity contribution in [2.24, 2.45) is 11.3 Å². The highest BCUT2D eigenvalue weighted by molar-refractivity contribution is 7.89. The van der Waals surface area contributed by atoms with Gasteiger partial charge < -0.3 is 0 Å². The number of carbonyl (C=O) groups is 1. The maximum atomic E-state index is 13.1. The fraction of sp³-hybridized carbons (Fsp3) is 0.591. The number of hydrogen-bond acceptors (Lipinski definition) is 3. The van der Waals surface area contributed by atoms with Gasteiger partial charge in [-0.05, 0) is 61.3 Å². The molecule has 0 saturated carbocycles. The molecule has 2 aliphatic rings. The first-order chi connectivity index (χ1) is 12.7. The number of sulfonamides is 1. The number of nitrogens with zero attached hydrogens (tertiary/aromatic N) is 1. The summed E-state index contributed by atoms with van der Waals surface area (Å²) < 4.78 is 27.8. The van der Waals surface area contributed by atoms with E-state index in [-0.39, 0.29) is 17.1 Å². The highest BCUT2D eigenvalue weighted by Crippen LogP contribution is 2.44. The Balaban J connectivity index is 1.91. The summed E-state index contributed by atoms with van der Waals surface area (Å²) in [6.07, 6.45) is 4.53. The standard InChI is InChI=1S/C22H31NO3S/c1-5-22(6-2)12-11-18-14-23(15-20(18)17(4)21(24)13-22)27(25,26)19-9-7-16(3)8-10-19/h7-10,18H,5-6,11-15H2,1-4H3/b20-17-. The molecule has 1 unspecified atom stereocenters. The Kier molecular flexibility index (Phi) is 5.64. The Morgan fingerprint density at radius 2 is 1.74 bits per heavy atom. The van der Waals surface area contributed by atoms with Crippen molar-refractivity contribution >= 4 is 15.8 Å². The molecule has 0 aromatic heterocycles. The summed E-state index contributed by atoms with van der Waals surface area (Å²) in [5.74, 6) is 0.361. The van der Waals surface area contributed by atoms with Gasteiger partial charge in [0, 0.05) is 19.5 Å². The van der Waals surface area contributed by atoms with Crippen LogP contribution in [0.3, 0.4) is 0 Å². The zero-order valence-electron chi connectivity index (χ0n) is 16.9. The van der Waals surface area contributed by atoms with Crippen molar-refractivity contribution in [2.45, 2.75) is 64.7 Å². The largest absolute Gasteiger partial charge is 0.295 e. The van der Waals surface area contributed by atoms with Crippen molar-refractivity contribution < 1.29 is 13.2 Å². The highest BCUT2D eigenvalue weighted by Gasteiger charge is 2.41. The van der Waals surface area contributed by atoms with Crippen LogP contribution < -0.4 is 0 Å². The lowest BCUT2D eigenvalue weighted by atomic mass is 9.69. The van der Waals surface area contributed by atoms with E-state index in [4.69, 9.17) is 0 Å². The van der Waals surface area contributed by atoms with E-state index in [0.717, 1.165) is 42.4 Å². The molecule has 1 fully saturated rings. The minimum Gasteiger partial charge on any atom is -0.295 e. The van der Waals surface area contributed by atoms with Crippen LogP contribution in [-0.4, -0.2) is 31.6 Å². The lowest BCUT2D eigenvalue weighted by Crippen LogP contribution is -2.29. The van der Waals surface area contributed by atoms with Gasteiger partial charge in [0.25, 0.3) is 0 Å². The second-order valence-corrected chi connectivity index (χ2v) is 10.2. The molecule has 1 aromatic carbocycles. The average molecular weight is 390 g/mol. The molecule has 5 heteroatoms. The molecule has 3 rings (SSSR count). The van der Waals surface area contributed by atoms with Crippen molar-refractivity contribution in [3.8, 4) is 0 Å². The molecule has 0 N–H and O–H groups in total. The number of benzene rings is 1. The lowest BCUT2D eigenvalue weighted by molar-refractivity contribution is -0.118. The van der Waals surface area contributed by atoms with Crippen molar-refractivity contribution in [2.75, 3.05) is 13.1 Å². The number of allylic oxidation sites excluding steroid dienone is 1. The monoisotopic (exact) mass is 389 g/mol. The summed E-state index contributed by atoms with van der Waals surface area (Å²) in [4.78, 5) is 13.2. The van der Waals surface area contributed by atoms with E-state index in [0.29, 0.717) is 24.4 Å². The predicted molar refractivity (Wildman–Crippen MR) is 108 cm³/mol. The third-order valence-corrected chi connectivity index (χ3v) is 8.71. The maximum Gasteiger partial charge on any atom is 0.243 e. The Labute approximate surface area is 163 Å². The van der Waals surface area contributed by atoms with Crippen LogP contribution >= 0.6 is 0 Å². The Morgan fingerprint density at radius 3 is 2.33 bits per heavy atom. The molecular weight excluding hydrogens is 358 g/mol. The molecule has 0 amide bonds. The maximum absolute atomic E-state index is 13.1. The lowest BCUT2D eigenvalue weighted by Gasteiger charge is -2.34. The van der Waals surface area contributed by atoms with Gasteiger partial charge in [-0.25, -0.2) is 8.42 Å². The molecule has 1 aliphatic carbocycles. The fourth-order valence-electron chi connectivity index (χ4n) is 4.55. The van der Waals surface area contributed by atoms with Crippen LogP contribution in [0.1, 0.15) is 58.4 Å². The summed E-state index contributed by atoms with van der Waals surface area (Å²) in [6, 6.07) is 7.02. The third-order valence-electron chi connectivity index (χ3n) is 6.88. The SMILES string of the molecule is CCC1(CC)CCC2CN(S(=O)(=O)c3ccc(C)cc3)C/C2=C(\C)C(=O)C1. The van der Waals surface area contributed by atoms with Crippen LogP contribution in [0.4, 0.5) is 0 Å². The molecule has 1 saturated heterocycles. The first kappa shape index (κ1) is 20.3. The van der Waals surface area contributed by atoms with Gasteiger partial charge >= 0.3 is 0 Å². The van der Waals surface area contributed by atoms with E-state index in [1.165, 1.54) is 0 Å². The van der Waals surface area contributed by atoms with Crippen LogP contribution in [0.15, 0.2) is 40.3 Å². The highest BCUT2D eigenvalue weighted by atomic mass is 32.2. The second-order valence-electron chi connectivity index (χ2n) is 8.30. The zero-order chi connectivity index (χ0) is 19.8. The molecular formula is C22H31NO3S. The number of carbonyl (C=O) groups excluding carboxylic acids is 1. The van der Waals surface area contributed by atoms with E-state index >= 15 is 0 Å². The fourth-order valence-corrected chi connectivity index (χ4v) is 6.01. The van der Waals surface area contributed by atoms with Gasteiger partial charge in [-0.2, -0.15) is 4.31 Å². The van der Waals surface area contributed by atoms with Gasteiger partial charge in [0.2, 0.25) is 10.0 Å². The van der Waals surface area contributed by atoms with Crippen LogP contribution in [0.25, 0.3) is 0 Å². The van der Waals surface area contributed by atoms with Crippen molar-refractivity contribution in [3.63, 3.8) is 0 Å². The Morgan fingerprint density at radius 1 is 1.11 bits per heavy atom. The minimum atomic E-state index is -3.53. The van der Waals surface area contributed by atoms with E-state index in [2.05, 4.69) is 13.8 Å². The van der Waals surface area contributed by atoms with Gasteiger partial charge in [-0.1, -0.05) is 44.4 Å². The molecule has 4 nitrogen and oxygen atoms in total. The number of hydrogen-bond donors (Lipinski definition) is 0. The normalized spacial score (nSPS) is 26.5.